The van der Waals surface area contributed by atoms with Gasteiger partial charge in [0.15, 0.2) is 5.78 Å². The summed E-state index contributed by atoms with van der Waals surface area (Å²) in [6.07, 6.45) is 2.19. The average molecular weight is 356 g/mol. The first kappa shape index (κ1) is 17.7. The zero-order chi connectivity index (χ0) is 19.0. The first-order valence-electron chi connectivity index (χ1n) is 8.19. The SMILES string of the molecule is CC(C)=CCc1c(O)ccc(C2COc3cc(O)cc(O)c3C2=O)c1O. The molecule has 0 saturated heterocycles. The van der Waals surface area contributed by atoms with Crippen molar-refractivity contribution in [2.45, 2.75) is 26.2 Å². The Morgan fingerprint density at radius 3 is 2.58 bits per heavy atom. The molecule has 1 atom stereocenters. The molecule has 6 nitrogen and oxygen atoms in total. The quantitative estimate of drug-likeness (QED) is 0.628. The molecule has 0 amide bonds. The van der Waals surface area contributed by atoms with Gasteiger partial charge in [-0.15, -0.1) is 0 Å². The summed E-state index contributed by atoms with van der Waals surface area (Å²) in [5.41, 5.74) is 1.66. The monoisotopic (exact) mass is 356 g/mol. The van der Waals surface area contributed by atoms with Gasteiger partial charge in [0.1, 0.15) is 40.9 Å². The maximum atomic E-state index is 12.9. The standard InChI is InChI=1S/C20H20O6/c1-10(2)3-4-13-15(22)6-5-12(19(13)24)14-9-26-17-8-11(21)7-16(23)18(17)20(14)25/h3,5-8,14,21-24H,4,9H2,1-2H3. The van der Waals surface area contributed by atoms with Crippen molar-refractivity contribution in [3.8, 4) is 28.7 Å². The summed E-state index contributed by atoms with van der Waals surface area (Å²) < 4.78 is 5.52. The van der Waals surface area contributed by atoms with Gasteiger partial charge in [-0.05, 0) is 26.3 Å². The summed E-state index contributed by atoms with van der Waals surface area (Å²) >= 11 is 0. The van der Waals surface area contributed by atoms with E-state index in [1.54, 1.807) is 0 Å². The number of hydrogen-bond acceptors (Lipinski definition) is 6. The van der Waals surface area contributed by atoms with Gasteiger partial charge < -0.3 is 25.2 Å². The van der Waals surface area contributed by atoms with Crippen molar-refractivity contribution < 1.29 is 30.0 Å². The normalized spacial score (nSPS) is 15.9. The summed E-state index contributed by atoms with van der Waals surface area (Å²) in [6.45, 7) is 3.77. The van der Waals surface area contributed by atoms with Crippen LogP contribution in [0, 0.1) is 0 Å². The van der Waals surface area contributed by atoms with E-state index >= 15 is 0 Å². The predicted molar refractivity (Wildman–Crippen MR) is 95.2 cm³/mol. The molecule has 1 aliphatic heterocycles. The van der Waals surface area contributed by atoms with Crippen LogP contribution in [0.2, 0.25) is 0 Å². The zero-order valence-electron chi connectivity index (χ0n) is 14.5. The van der Waals surface area contributed by atoms with Crippen LogP contribution in [-0.4, -0.2) is 32.8 Å². The molecule has 26 heavy (non-hydrogen) atoms. The molecule has 1 unspecified atom stereocenters. The Labute approximate surface area is 150 Å². The lowest BCUT2D eigenvalue weighted by Crippen LogP contribution is -2.26. The number of carbonyl (C=O) groups is 1. The minimum Gasteiger partial charge on any atom is -0.508 e. The molecular weight excluding hydrogens is 336 g/mol. The van der Waals surface area contributed by atoms with E-state index in [1.165, 1.54) is 18.2 Å². The maximum absolute atomic E-state index is 12.9. The number of Topliss-reactive ketones (excluding diaryl/α,β-unsaturated/α-hetero) is 1. The molecule has 0 saturated carbocycles. The van der Waals surface area contributed by atoms with Crippen molar-refractivity contribution in [1.29, 1.82) is 0 Å². The highest BCUT2D eigenvalue weighted by molar-refractivity contribution is 6.06. The number of benzene rings is 2. The minimum atomic E-state index is -0.830. The summed E-state index contributed by atoms with van der Waals surface area (Å²) in [6, 6.07) is 5.24. The second-order valence-electron chi connectivity index (χ2n) is 6.55. The Balaban J connectivity index is 2.04. The summed E-state index contributed by atoms with van der Waals surface area (Å²) in [5.74, 6) is -1.94. The van der Waals surface area contributed by atoms with E-state index in [4.69, 9.17) is 4.74 Å². The topological polar surface area (TPSA) is 107 Å². The third kappa shape index (κ3) is 3.06. The molecule has 6 heteroatoms. The van der Waals surface area contributed by atoms with E-state index in [0.29, 0.717) is 17.5 Å². The van der Waals surface area contributed by atoms with Gasteiger partial charge in [-0.2, -0.15) is 0 Å². The molecule has 0 aromatic heterocycles. The lowest BCUT2D eigenvalue weighted by Gasteiger charge is -2.26. The van der Waals surface area contributed by atoms with Crippen LogP contribution in [0.5, 0.6) is 28.7 Å². The fraction of sp³-hybridized carbons (Fsp3) is 0.250. The Bertz CT molecular complexity index is 909. The molecule has 2 aromatic rings. The van der Waals surface area contributed by atoms with Crippen LogP contribution in [-0.2, 0) is 6.42 Å². The molecule has 0 radical (unpaired) electrons. The molecule has 0 bridgehead atoms. The van der Waals surface area contributed by atoms with Crippen molar-refractivity contribution in [2.75, 3.05) is 6.61 Å². The molecule has 1 heterocycles. The van der Waals surface area contributed by atoms with Gasteiger partial charge in [0.25, 0.3) is 0 Å². The number of hydrogen-bond donors (Lipinski definition) is 4. The van der Waals surface area contributed by atoms with E-state index in [-0.39, 0.29) is 40.9 Å². The first-order valence-corrected chi connectivity index (χ1v) is 8.19. The van der Waals surface area contributed by atoms with Crippen LogP contribution in [0.1, 0.15) is 41.3 Å². The second kappa shape index (κ2) is 6.63. The highest BCUT2D eigenvalue weighted by Gasteiger charge is 2.35. The van der Waals surface area contributed by atoms with E-state index in [1.807, 2.05) is 19.9 Å². The third-order valence-electron chi connectivity index (χ3n) is 4.41. The lowest BCUT2D eigenvalue weighted by molar-refractivity contribution is 0.0889. The molecule has 136 valence electrons. The third-order valence-corrected chi connectivity index (χ3v) is 4.41. The van der Waals surface area contributed by atoms with E-state index in [9.17, 15) is 25.2 Å². The lowest BCUT2D eigenvalue weighted by atomic mass is 9.86. The fourth-order valence-electron chi connectivity index (χ4n) is 3.03. The average Bonchev–Trinajstić information content (AvgIpc) is 2.55. The van der Waals surface area contributed by atoms with Crippen LogP contribution in [0.15, 0.2) is 35.9 Å². The van der Waals surface area contributed by atoms with Crippen LogP contribution < -0.4 is 4.74 Å². The van der Waals surface area contributed by atoms with Gasteiger partial charge >= 0.3 is 0 Å². The van der Waals surface area contributed by atoms with Gasteiger partial charge in [-0.25, -0.2) is 0 Å². The molecule has 0 spiro atoms. The van der Waals surface area contributed by atoms with Gasteiger partial charge in [-0.3, -0.25) is 4.79 Å². The van der Waals surface area contributed by atoms with E-state index in [0.717, 1.165) is 11.6 Å². The summed E-state index contributed by atoms with van der Waals surface area (Å²) in [4.78, 5) is 12.9. The highest BCUT2D eigenvalue weighted by atomic mass is 16.5. The van der Waals surface area contributed by atoms with E-state index < -0.39 is 11.7 Å². The van der Waals surface area contributed by atoms with E-state index in [2.05, 4.69) is 0 Å². The second-order valence-corrected chi connectivity index (χ2v) is 6.55. The fourth-order valence-corrected chi connectivity index (χ4v) is 3.03. The predicted octanol–water partition coefficient (Wildman–Crippen LogP) is 3.38. The summed E-state index contributed by atoms with van der Waals surface area (Å²) in [7, 11) is 0. The molecular formula is C20H20O6. The highest BCUT2D eigenvalue weighted by Crippen LogP contribution is 2.43. The Hall–Kier alpha value is -3.15. The van der Waals surface area contributed by atoms with Crippen molar-refractivity contribution in [1.82, 2.24) is 0 Å². The van der Waals surface area contributed by atoms with Crippen LogP contribution in [0.4, 0.5) is 0 Å². The van der Waals surface area contributed by atoms with Crippen molar-refractivity contribution in [3.63, 3.8) is 0 Å². The number of aromatic hydroxyl groups is 4. The number of phenols is 4. The van der Waals surface area contributed by atoms with Crippen molar-refractivity contribution in [3.05, 3.63) is 52.6 Å². The largest absolute Gasteiger partial charge is 0.508 e. The summed E-state index contributed by atoms with van der Waals surface area (Å²) in [5, 5.41) is 40.2. The maximum Gasteiger partial charge on any atom is 0.181 e. The van der Waals surface area contributed by atoms with Gasteiger partial charge in [0.2, 0.25) is 0 Å². The van der Waals surface area contributed by atoms with Gasteiger partial charge in [0, 0.05) is 23.3 Å². The molecule has 2 aromatic carbocycles. The number of fused-ring (bicyclic) bond motifs is 1. The van der Waals surface area contributed by atoms with Crippen LogP contribution in [0.3, 0.4) is 0 Å². The Kier molecular flexibility index (Phi) is 4.50. The zero-order valence-corrected chi connectivity index (χ0v) is 14.5. The van der Waals surface area contributed by atoms with Gasteiger partial charge in [-0.1, -0.05) is 17.7 Å². The Morgan fingerprint density at radius 2 is 1.88 bits per heavy atom. The van der Waals surface area contributed by atoms with Crippen molar-refractivity contribution >= 4 is 5.78 Å². The number of rotatable bonds is 3. The number of ether oxygens (including phenoxy) is 1. The molecule has 1 aliphatic rings. The smallest absolute Gasteiger partial charge is 0.181 e. The molecule has 0 fully saturated rings. The number of allylic oxidation sites excluding steroid dienone is 2. The van der Waals surface area contributed by atoms with Crippen LogP contribution >= 0.6 is 0 Å². The molecule has 3 rings (SSSR count). The first-order chi connectivity index (χ1) is 12.3. The number of carbonyl (C=O) groups excluding carboxylic acids is 1. The van der Waals surface area contributed by atoms with Crippen LogP contribution in [0.25, 0.3) is 0 Å². The number of phenolic OH excluding ortho intramolecular Hbond substituents is 4. The minimum absolute atomic E-state index is 0.0302. The molecule has 4 N–H and O–H groups in total. The van der Waals surface area contributed by atoms with Gasteiger partial charge in [0.05, 0.1) is 5.92 Å². The number of ketones is 1. The molecule has 0 aliphatic carbocycles. The Morgan fingerprint density at radius 1 is 1.15 bits per heavy atom. The van der Waals surface area contributed by atoms with Crippen molar-refractivity contribution in [2.24, 2.45) is 0 Å².